The van der Waals surface area contributed by atoms with E-state index in [1.54, 1.807) is 14.2 Å². The number of carbonyl (C=O) groups is 1. The smallest absolute Gasteiger partial charge is 0.257 e. The van der Waals surface area contributed by atoms with Crippen molar-refractivity contribution in [3.8, 4) is 11.5 Å². The van der Waals surface area contributed by atoms with Crippen LogP contribution in [0, 0.1) is 0 Å². The second kappa shape index (κ2) is 7.48. The van der Waals surface area contributed by atoms with E-state index in [1.165, 1.54) is 0 Å². The zero-order valence-corrected chi connectivity index (χ0v) is 15.6. The minimum atomic E-state index is -0.295. The molecule has 0 bridgehead atoms. The molecule has 2 aliphatic heterocycles. The summed E-state index contributed by atoms with van der Waals surface area (Å²) in [6, 6.07) is 13.4. The van der Waals surface area contributed by atoms with Gasteiger partial charge in [-0.2, -0.15) is 0 Å². The highest BCUT2D eigenvalue weighted by atomic mass is 16.5. The van der Waals surface area contributed by atoms with Crippen molar-refractivity contribution in [3.05, 3.63) is 53.6 Å². The zero-order chi connectivity index (χ0) is 18.8. The predicted molar refractivity (Wildman–Crippen MR) is 102 cm³/mol. The van der Waals surface area contributed by atoms with Crippen molar-refractivity contribution in [1.29, 1.82) is 0 Å². The van der Waals surface area contributed by atoms with Gasteiger partial charge in [-0.15, -0.1) is 0 Å². The topological polar surface area (TPSA) is 60.0 Å². The van der Waals surface area contributed by atoms with Gasteiger partial charge in [0.25, 0.3) is 5.91 Å². The second-order valence-corrected chi connectivity index (χ2v) is 6.80. The molecule has 2 atom stereocenters. The number of anilines is 1. The lowest BCUT2D eigenvalue weighted by molar-refractivity contribution is 0.0426. The largest absolute Gasteiger partial charge is 0.493 e. The van der Waals surface area contributed by atoms with E-state index in [4.69, 9.17) is 14.2 Å². The molecule has 6 heteroatoms. The highest BCUT2D eigenvalue weighted by molar-refractivity contribution is 6.01. The summed E-state index contributed by atoms with van der Waals surface area (Å²) in [5, 5.41) is 3.51. The van der Waals surface area contributed by atoms with Gasteiger partial charge in [-0.1, -0.05) is 18.2 Å². The number of benzene rings is 2. The Morgan fingerprint density at radius 3 is 2.70 bits per heavy atom. The van der Waals surface area contributed by atoms with Crippen molar-refractivity contribution in [3.63, 3.8) is 0 Å². The second-order valence-electron chi connectivity index (χ2n) is 6.80. The molecule has 27 heavy (non-hydrogen) atoms. The van der Waals surface area contributed by atoms with Crippen LogP contribution in [-0.4, -0.2) is 44.3 Å². The average molecular weight is 368 g/mol. The number of fused-ring (bicyclic) bond motifs is 1. The number of amides is 1. The van der Waals surface area contributed by atoms with Gasteiger partial charge < -0.3 is 24.4 Å². The Morgan fingerprint density at radius 1 is 1.15 bits per heavy atom. The number of nitrogens with zero attached hydrogens (tertiary/aromatic N) is 1. The van der Waals surface area contributed by atoms with Crippen molar-refractivity contribution < 1.29 is 19.0 Å². The summed E-state index contributed by atoms with van der Waals surface area (Å²) in [6.45, 7) is 1.32. The third-order valence-electron chi connectivity index (χ3n) is 5.17. The molecular weight excluding hydrogens is 344 g/mol. The Balaban J connectivity index is 1.72. The van der Waals surface area contributed by atoms with Gasteiger partial charge in [-0.3, -0.25) is 4.79 Å². The van der Waals surface area contributed by atoms with E-state index < -0.39 is 0 Å². The number of para-hydroxylation sites is 1. The molecule has 0 spiro atoms. The zero-order valence-electron chi connectivity index (χ0n) is 15.6. The van der Waals surface area contributed by atoms with E-state index in [0.29, 0.717) is 23.6 Å². The van der Waals surface area contributed by atoms with Crippen LogP contribution < -0.4 is 14.8 Å². The monoisotopic (exact) mass is 368 g/mol. The number of rotatable bonds is 5. The van der Waals surface area contributed by atoms with Crippen LogP contribution in [0.2, 0.25) is 0 Å². The number of hydrogen-bond acceptors (Lipinski definition) is 5. The molecule has 0 saturated carbocycles. The number of carbonyl (C=O) groups excluding carboxylic acids is 1. The lowest BCUT2D eigenvalue weighted by Crippen LogP contribution is -2.46. The van der Waals surface area contributed by atoms with E-state index in [2.05, 4.69) is 5.32 Å². The Hall–Kier alpha value is -2.73. The van der Waals surface area contributed by atoms with Crippen molar-refractivity contribution in [2.75, 3.05) is 32.7 Å². The third-order valence-corrected chi connectivity index (χ3v) is 5.17. The lowest BCUT2D eigenvalue weighted by Gasteiger charge is -2.39. The van der Waals surface area contributed by atoms with Gasteiger partial charge in [0.05, 0.1) is 25.9 Å². The van der Waals surface area contributed by atoms with Crippen LogP contribution in [0.1, 0.15) is 34.9 Å². The van der Waals surface area contributed by atoms with Crippen molar-refractivity contribution in [1.82, 2.24) is 4.90 Å². The SMILES string of the molecule is COc1ccc([C@H]2Nc3ccccc3C(=O)N2C[C@H]2CCCO2)cc1OC. The molecule has 2 aliphatic rings. The molecule has 2 aromatic carbocycles. The van der Waals surface area contributed by atoms with Crippen molar-refractivity contribution in [2.24, 2.45) is 0 Å². The van der Waals surface area contributed by atoms with Crippen LogP contribution >= 0.6 is 0 Å². The minimum Gasteiger partial charge on any atom is -0.493 e. The number of methoxy groups -OCH3 is 2. The molecular formula is C21H24N2O4. The molecule has 2 heterocycles. The average Bonchev–Trinajstić information content (AvgIpc) is 3.22. The van der Waals surface area contributed by atoms with Crippen LogP contribution in [0.3, 0.4) is 0 Å². The Labute approximate surface area is 159 Å². The van der Waals surface area contributed by atoms with Crippen LogP contribution in [0.4, 0.5) is 5.69 Å². The van der Waals surface area contributed by atoms with Gasteiger partial charge in [0.1, 0.15) is 6.17 Å². The van der Waals surface area contributed by atoms with Crippen molar-refractivity contribution in [2.45, 2.75) is 25.1 Å². The summed E-state index contributed by atoms with van der Waals surface area (Å²) < 4.78 is 16.6. The van der Waals surface area contributed by atoms with Gasteiger partial charge in [0.2, 0.25) is 0 Å². The van der Waals surface area contributed by atoms with Crippen LogP contribution in [0.15, 0.2) is 42.5 Å². The molecule has 1 saturated heterocycles. The standard InChI is InChI=1S/C21H24N2O4/c1-25-18-10-9-14(12-19(18)26-2)20-22-17-8-4-3-7-16(17)21(24)23(20)13-15-6-5-11-27-15/h3-4,7-10,12,15,20,22H,5-6,11,13H2,1-2H3/t15-,20+/m1/s1. The molecule has 1 amide bonds. The highest BCUT2D eigenvalue weighted by Gasteiger charge is 2.35. The van der Waals surface area contributed by atoms with Gasteiger partial charge in [-0.25, -0.2) is 0 Å². The molecule has 0 unspecified atom stereocenters. The van der Waals surface area contributed by atoms with Crippen LogP contribution in [-0.2, 0) is 4.74 Å². The quantitative estimate of drug-likeness (QED) is 0.876. The summed E-state index contributed by atoms with van der Waals surface area (Å²) >= 11 is 0. The molecule has 0 aromatic heterocycles. The van der Waals surface area contributed by atoms with Gasteiger partial charge in [-0.05, 0) is 42.7 Å². The summed E-state index contributed by atoms with van der Waals surface area (Å²) in [6.07, 6.45) is 1.79. The Bertz CT molecular complexity index is 833. The first-order valence-corrected chi connectivity index (χ1v) is 9.21. The summed E-state index contributed by atoms with van der Waals surface area (Å²) in [5.41, 5.74) is 2.46. The van der Waals surface area contributed by atoms with E-state index in [1.807, 2.05) is 47.4 Å². The Morgan fingerprint density at radius 2 is 1.96 bits per heavy atom. The summed E-state index contributed by atoms with van der Waals surface area (Å²) in [5.74, 6) is 1.31. The third kappa shape index (κ3) is 3.32. The fourth-order valence-electron chi connectivity index (χ4n) is 3.77. The van der Waals surface area contributed by atoms with E-state index in [0.717, 1.165) is 30.7 Å². The predicted octanol–water partition coefficient (Wildman–Crippen LogP) is 3.45. The van der Waals surface area contributed by atoms with Crippen LogP contribution in [0.5, 0.6) is 11.5 Å². The number of hydrogen-bond donors (Lipinski definition) is 1. The maximum Gasteiger partial charge on any atom is 0.257 e. The van der Waals surface area contributed by atoms with Gasteiger partial charge in [0, 0.05) is 18.8 Å². The molecule has 0 radical (unpaired) electrons. The fraction of sp³-hybridized carbons (Fsp3) is 0.381. The maximum atomic E-state index is 13.2. The highest BCUT2D eigenvalue weighted by Crippen LogP contribution is 2.37. The molecule has 0 aliphatic carbocycles. The molecule has 1 N–H and O–H groups in total. The van der Waals surface area contributed by atoms with Gasteiger partial charge in [0.15, 0.2) is 11.5 Å². The van der Waals surface area contributed by atoms with Gasteiger partial charge >= 0.3 is 0 Å². The fourth-order valence-corrected chi connectivity index (χ4v) is 3.77. The lowest BCUT2D eigenvalue weighted by atomic mass is 10.0. The van der Waals surface area contributed by atoms with E-state index in [9.17, 15) is 4.79 Å². The molecule has 142 valence electrons. The first-order chi connectivity index (χ1) is 13.2. The van der Waals surface area contributed by atoms with E-state index >= 15 is 0 Å². The van der Waals surface area contributed by atoms with Crippen molar-refractivity contribution >= 4 is 11.6 Å². The number of nitrogens with one attached hydrogen (secondary N) is 1. The summed E-state index contributed by atoms with van der Waals surface area (Å²) in [7, 11) is 3.22. The van der Waals surface area contributed by atoms with E-state index in [-0.39, 0.29) is 18.2 Å². The normalized spacial score (nSPS) is 21.6. The molecule has 6 nitrogen and oxygen atoms in total. The first kappa shape index (κ1) is 17.7. The van der Waals surface area contributed by atoms with Crippen LogP contribution in [0.25, 0.3) is 0 Å². The first-order valence-electron chi connectivity index (χ1n) is 9.21. The Kier molecular flexibility index (Phi) is 4.90. The minimum absolute atomic E-state index is 0.0136. The summed E-state index contributed by atoms with van der Waals surface area (Å²) in [4.78, 5) is 15.1. The molecule has 2 aromatic rings. The molecule has 1 fully saturated rings. The maximum absolute atomic E-state index is 13.2. The number of ether oxygens (including phenoxy) is 3. The molecule has 4 rings (SSSR count).